The monoisotopic (exact) mass is 1020 g/mol. The molecule has 11 aromatic rings. The second kappa shape index (κ2) is 19.6. The van der Waals surface area contributed by atoms with E-state index in [1.807, 2.05) is 6.20 Å². The van der Waals surface area contributed by atoms with E-state index in [0.29, 0.717) is 0 Å². The summed E-state index contributed by atoms with van der Waals surface area (Å²) in [6, 6.07) is 76.8. The SMILES string of the molecule is CC(C)(C)c1cccc(-[n+]2[c-]n(-c3cc(Oc4ccc5c6cc(-c7ccccc7)ccc6n(-c6cc(C(C)(C)C)ccn6)c5c4)cc(C(C)(C)c4ccccc4)c3)c(C(C)(C)c3ccccc3)c2C(C)(C)c2ccccc2)c1. The zero-order valence-electron chi connectivity index (χ0n) is 47.5. The quantitative estimate of drug-likeness (QED) is 0.0903. The minimum absolute atomic E-state index is 0.0669. The highest BCUT2D eigenvalue weighted by atomic mass is 16.5. The van der Waals surface area contributed by atoms with E-state index in [9.17, 15) is 0 Å². The summed E-state index contributed by atoms with van der Waals surface area (Å²) in [5.74, 6) is 2.32. The molecule has 0 radical (unpaired) electrons. The van der Waals surface area contributed by atoms with Crippen LogP contribution in [0.2, 0.25) is 0 Å². The van der Waals surface area contributed by atoms with E-state index < -0.39 is 16.2 Å². The number of pyridine rings is 1. The topological polar surface area (TPSA) is 35.9 Å². The molecule has 0 unspecified atom stereocenters. The van der Waals surface area contributed by atoms with Gasteiger partial charge in [-0.3, -0.25) is 13.7 Å². The first-order valence-corrected chi connectivity index (χ1v) is 27.5. The normalized spacial score (nSPS) is 12.6. The van der Waals surface area contributed by atoms with Crippen LogP contribution >= 0.6 is 0 Å². The van der Waals surface area contributed by atoms with E-state index >= 15 is 0 Å². The first-order chi connectivity index (χ1) is 37.2. The van der Waals surface area contributed by atoms with Crippen molar-refractivity contribution in [2.24, 2.45) is 0 Å². The number of ether oxygens (including phenoxy) is 1. The van der Waals surface area contributed by atoms with Crippen LogP contribution in [-0.4, -0.2) is 14.1 Å². The number of nitrogens with zero attached hydrogens (tertiary/aromatic N) is 4. The fourth-order valence-electron chi connectivity index (χ4n) is 11.4. The largest absolute Gasteiger partial charge is 0.458 e. The fourth-order valence-corrected chi connectivity index (χ4v) is 11.4. The molecule has 0 aliphatic carbocycles. The number of hydrogen-bond acceptors (Lipinski definition) is 2. The first-order valence-electron chi connectivity index (χ1n) is 27.5. The van der Waals surface area contributed by atoms with Crippen LogP contribution in [0.25, 0.3) is 50.1 Å². The maximum atomic E-state index is 7.33. The number of fused-ring (bicyclic) bond motifs is 3. The van der Waals surface area contributed by atoms with Gasteiger partial charge in [0.05, 0.1) is 33.8 Å². The van der Waals surface area contributed by atoms with Crippen molar-refractivity contribution < 1.29 is 9.30 Å². The van der Waals surface area contributed by atoms with E-state index in [0.717, 1.165) is 67.4 Å². The van der Waals surface area contributed by atoms with Crippen LogP contribution in [0.15, 0.2) is 219 Å². The summed E-state index contributed by atoms with van der Waals surface area (Å²) < 4.78 is 14.3. The van der Waals surface area contributed by atoms with Crippen molar-refractivity contribution in [3.8, 4) is 39.8 Å². The van der Waals surface area contributed by atoms with E-state index in [4.69, 9.17) is 9.72 Å². The number of benzene rings is 8. The highest BCUT2D eigenvalue weighted by Crippen LogP contribution is 2.45. The Bertz CT molecular complexity index is 3960. The minimum Gasteiger partial charge on any atom is -0.458 e. The lowest BCUT2D eigenvalue weighted by atomic mass is 9.73. The highest BCUT2D eigenvalue weighted by molar-refractivity contribution is 6.10. The summed E-state index contributed by atoms with van der Waals surface area (Å²) in [6.07, 6.45) is 6.03. The molecule has 3 aromatic heterocycles. The second-order valence-electron chi connectivity index (χ2n) is 24.8. The summed E-state index contributed by atoms with van der Waals surface area (Å²) in [4.78, 5) is 5.05. The maximum absolute atomic E-state index is 7.33. The van der Waals surface area contributed by atoms with E-state index in [2.05, 4.69) is 315 Å². The van der Waals surface area contributed by atoms with Crippen molar-refractivity contribution in [3.63, 3.8) is 0 Å². The number of aromatic nitrogens is 4. The van der Waals surface area contributed by atoms with Gasteiger partial charge in [-0.2, -0.15) is 0 Å². The van der Waals surface area contributed by atoms with Gasteiger partial charge >= 0.3 is 0 Å². The summed E-state index contributed by atoms with van der Waals surface area (Å²) >= 11 is 0. The van der Waals surface area contributed by atoms with Crippen molar-refractivity contribution in [3.05, 3.63) is 270 Å². The average molecular weight is 1020 g/mol. The van der Waals surface area contributed by atoms with Gasteiger partial charge < -0.3 is 4.74 Å². The Kier molecular flexibility index (Phi) is 13.0. The van der Waals surface area contributed by atoms with Gasteiger partial charge in [-0.15, -0.1) is 0 Å². The van der Waals surface area contributed by atoms with Crippen LogP contribution < -0.4 is 9.30 Å². The third-order valence-electron chi connectivity index (χ3n) is 16.3. The molecule has 11 rings (SSSR count). The maximum Gasteiger partial charge on any atom is 0.269 e. The Morgan fingerprint density at radius 1 is 0.410 bits per heavy atom. The van der Waals surface area contributed by atoms with Gasteiger partial charge in [-0.1, -0.05) is 223 Å². The molecule has 78 heavy (non-hydrogen) atoms. The molecule has 0 fully saturated rings. The van der Waals surface area contributed by atoms with Crippen LogP contribution in [-0.2, 0) is 27.1 Å². The molecule has 0 aliphatic heterocycles. The van der Waals surface area contributed by atoms with Crippen molar-refractivity contribution in [2.75, 3.05) is 0 Å². The van der Waals surface area contributed by atoms with Crippen molar-refractivity contribution in [1.82, 2.24) is 14.1 Å². The molecular formula is C73H72N4O. The molecule has 0 saturated carbocycles. The number of rotatable bonds is 12. The Labute approximate surface area is 462 Å². The van der Waals surface area contributed by atoms with Crippen molar-refractivity contribution >= 4 is 21.8 Å². The van der Waals surface area contributed by atoms with Gasteiger partial charge in [0.1, 0.15) is 17.3 Å². The minimum atomic E-state index is -0.519. The molecule has 5 nitrogen and oxygen atoms in total. The smallest absolute Gasteiger partial charge is 0.269 e. The molecule has 390 valence electrons. The lowest BCUT2D eigenvalue weighted by molar-refractivity contribution is -0.611. The van der Waals surface area contributed by atoms with E-state index in [1.54, 1.807) is 0 Å². The van der Waals surface area contributed by atoms with Crippen molar-refractivity contribution in [1.29, 1.82) is 0 Å². The highest BCUT2D eigenvalue weighted by Gasteiger charge is 2.40. The second-order valence-corrected chi connectivity index (χ2v) is 24.8. The molecule has 0 aliphatic rings. The molecule has 3 heterocycles. The van der Waals surface area contributed by atoms with Crippen LogP contribution in [0, 0.1) is 6.33 Å². The third kappa shape index (κ3) is 9.54. The van der Waals surface area contributed by atoms with Crippen molar-refractivity contribution in [2.45, 2.75) is 110 Å². The first kappa shape index (κ1) is 51.8. The zero-order chi connectivity index (χ0) is 54.8. The summed E-state index contributed by atoms with van der Waals surface area (Å²) in [5.41, 5.74) is 14.4. The lowest BCUT2D eigenvalue weighted by Gasteiger charge is -2.35. The standard InChI is InChI=1S/C73H72N4O/c1-69(2,3)55-34-25-35-58(43-55)75-49-76(68(73(11,12)54-32-23-16-24-33-54)67(75)72(9,10)53-30-21-15-22-31-53)59-44-57(71(7,8)52-28-19-14-20-29-52)45-61(47-59)78-60-37-38-62-63-42-51(50-26-17-13-18-27-50)36-39-64(63)77(65(62)48-60)66-46-56(40-41-74-66)70(4,5)6/h13-48H,1-12H3. The van der Waals surface area contributed by atoms with Crippen LogP contribution in [0.1, 0.15) is 128 Å². The molecule has 0 spiro atoms. The lowest BCUT2D eigenvalue weighted by Crippen LogP contribution is -2.43. The predicted octanol–water partition coefficient (Wildman–Crippen LogP) is 18.1. The Morgan fingerprint density at radius 3 is 1.62 bits per heavy atom. The third-order valence-corrected chi connectivity index (χ3v) is 16.3. The molecule has 0 bridgehead atoms. The van der Waals surface area contributed by atoms with Gasteiger partial charge in [0.15, 0.2) is 0 Å². The van der Waals surface area contributed by atoms with Crippen LogP contribution in [0.5, 0.6) is 11.5 Å². The van der Waals surface area contributed by atoms with Gasteiger partial charge in [0.2, 0.25) is 0 Å². The summed E-state index contributed by atoms with van der Waals surface area (Å²) in [6.45, 7) is 27.7. The number of imidazole rings is 1. The Balaban J connectivity index is 1.17. The van der Waals surface area contributed by atoms with Gasteiger partial charge in [0.25, 0.3) is 6.33 Å². The summed E-state index contributed by atoms with van der Waals surface area (Å²) in [5, 5.41) is 2.28. The van der Waals surface area contributed by atoms with Gasteiger partial charge in [-0.25, -0.2) is 4.98 Å². The molecule has 5 heteroatoms. The average Bonchev–Trinajstić information content (AvgIpc) is 4.18. The fraction of sp³-hybridized carbons (Fsp3) is 0.233. The van der Waals surface area contributed by atoms with E-state index in [1.165, 1.54) is 38.9 Å². The number of hydrogen-bond donors (Lipinski definition) is 0. The van der Waals surface area contributed by atoms with Gasteiger partial charge in [-0.05, 0) is 122 Å². The van der Waals surface area contributed by atoms with Gasteiger partial charge in [0, 0.05) is 39.3 Å². The van der Waals surface area contributed by atoms with E-state index in [-0.39, 0.29) is 10.8 Å². The molecule has 0 amide bonds. The molecule has 0 N–H and O–H groups in total. The molecule has 8 aromatic carbocycles. The molecule has 0 saturated heterocycles. The summed E-state index contributed by atoms with van der Waals surface area (Å²) in [7, 11) is 0. The van der Waals surface area contributed by atoms with Crippen LogP contribution in [0.4, 0.5) is 0 Å². The Hall–Kier alpha value is -8.28. The predicted molar refractivity (Wildman–Crippen MR) is 323 cm³/mol. The zero-order valence-corrected chi connectivity index (χ0v) is 47.5. The molecule has 0 atom stereocenters. The molecular weight excluding hydrogens is 949 g/mol. The van der Waals surface area contributed by atoms with Crippen LogP contribution in [0.3, 0.4) is 0 Å². The Morgan fingerprint density at radius 2 is 0.987 bits per heavy atom.